The molecule has 10 heteroatoms. The molecule has 0 saturated heterocycles. The van der Waals surface area contributed by atoms with Gasteiger partial charge in [-0.3, -0.25) is 4.79 Å². The molecule has 0 spiro atoms. The predicted molar refractivity (Wildman–Crippen MR) is 130 cm³/mol. The summed E-state index contributed by atoms with van der Waals surface area (Å²) in [6.45, 7) is 0. The van der Waals surface area contributed by atoms with Gasteiger partial charge in [0.1, 0.15) is 17.4 Å². The van der Waals surface area contributed by atoms with E-state index in [9.17, 15) is 9.59 Å². The van der Waals surface area contributed by atoms with Crippen molar-refractivity contribution >= 4 is 18.0 Å². The Balaban J connectivity index is 2.56. The summed E-state index contributed by atoms with van der Waals surface area (Å²) in [6, 6.07) is 4.97. The number of esters is 2. The lowest BCUT2D eigenvalue weighted by Gasteiger charge is -2.35. The molecule has 0 aliphatic heterocycles. The van der Waals surface area contributed by atoms with Crippen molar-refractivity contribution in [1.82, 2.24) is 0 Å². The zero-order valence-corrected chi connectivity index (χ0v) is 21.5. The van der Waals surface area contributed by atoms with Crippen molar-refractivity contribution in [2.24, 2.45) is 5.92 Å². The van der Waals surface area contributed by atoms with Crippen molar-refractivity contribution in [2.45, 2.75) is 5.92 Å². The third-order valence-corrected chi connectivity index (χ3v) is 6.16. The number of rotatable bonds is 9. The van der Waals surface area contributed by atoms with E-state index in [2.05, 4.69) is 0 Å². The van der Waals surface area contributed by atoms with Crippen molar-refractivity contribution < 1.29 is 47.5 Å². The Hall–Kier alpha value is -4.08. The minimum atomic E-state index is -1.13. The van der Waals surface area contributed by atoms with E-state index in [4.69, 9.17) is 37.9 Å². The molecule has 2 aromatic rings. The van der Waals surface area contributed by atoms with Crippen LogP contribution in [-0.2, 0) is 19.1 Å². The molecule has 2 aromatic carbocycles. The fraction of sp³-hybridized carbons (Fsp3) is 0.385. The Kier molecular flexibility index (Phi) is 8.18. The van der Waals surface area contributed by atoms with Gasteiger partial charge in [-0.25, -0.2) is 4.79 Å². The van der Waals surface area contributed by atoms with E-state index in [1.165, 1.54) is 56.9 Å². The largest absolute Gasteiger partial charge is 0.496 e. The third-order valence-electron chi connectivity index (χ3n) is 6.16. The molecule has 0 heterocycles. The van der Waals surface area contributed by atoms with Crippen molar-refractivity contribution in [1.29, 1.82) is 0 Å². The second kappa shape index (κ2) is 11.1. The lowest BCUT2D eigenvalue weighted by atomic mass is 9.70. The van der Waals surface area contributed by atoms with Crippen LogP contribution < -0.4 is 28.4 Å². The van der Waals surface area contributed by atoms with Gasteiger partial charge in [0.25, 0.3) is 0 Å². The number of hydrogen-bond donors (Lipinski definition) is 0. The van der Waals surface area contributed by atoms with Crippen LogP contribution in [0.25, 0.3) is 6.08 Å². The van der Waals surface area contributed by atoms with Gasteiger partial charge in [-0.2, -0.15) is 0 Å². The molecule has 0 N–H and O–H groups in total. The first kappa shape index (κ1) is 26.5. The Morgan fingerprint density at radius 3 is 1.69 bits per heavy atom. The molecule has 3 rings (SSSR count). The summed E-state index contributed by atoms with van der Waals surface area (Å²) in [7, 11) is 11.4. The summed E-state index contributed by atoms with van der Waals surface area (Å²) in [5.41, 5.74) is 1.62. The third kappa shape index (κ3) is 4.34. The molecule has 0 bridgehead atoms. The Morgan fingerprint density at radius 1 is 0.639 bits per heavy atom. The molecule has 0 aromatic heterocycles. The van der Waals surface area contributed by atoms with Crippen LogP contribution in [0, 0.1) is 5.92 Å². The highest BCUT2D eigenvalue weighted by molar-refractivity contribution is 6.03. The van der Waals surface area contributed by atoms with E-state index >= 15 is 0 Å². The molecule has 0 amide bonds. The molecular weight excluding hydrogens is 472 g/mol. The molecule has 0 saturated carbocycles. The zero-order chi connectivity index (χ0) is 26.6. The number of methoxy groups -OCH3 is 8. The van der Waals surface area contributed by atoms with E-state index in [1.54, 1.807) is 24.3 Å². The van der Waals surface area contributed by atoms with Gasteiger partial charge in [-0.05, 0) is 12.1 Å². The molecule has 0 unspecified atom stereocenters. The van der Waals surface area contributed by atoms with Gasteiger partial charge in [-0.15, -0.1) is 0 Å². The first-order valence-corrected chi connectivity index (χ1v) is 10.9. The highest BCUT2D eigenvalue weighted by atomic mass is 16.5. The number of hydrogen-bond acceptors (Lipinski definition) is 10. The van der Waals surface area contributed by atoms with Crippen molar-refractivity contribution in [3.05, 3.63) is 40.5 Å². The smallest absolute Gasteiger partial charge is 0.334 e. The van der Waals surface area contributed by atoms with Gasteiger partial charge < -0.3 is 37.9 Å². The minimum absolute atomic E-state index is 0.0733. The van der Waals surface area contributed by atoms with Crippen LogP contribution in [0.3, 0.4) is 0 Å². The van der Waals surface area contributed by atoms with Gasteiger partial charge in [0, 0.05) is 34.7 Å². The van der Waals surface area contributed by atoms with Gasteiger partial charge in [0.2, 0.25) is 0 Å². The fourth-order valence-corrected chi connectivity index (χ4v) is 4.56. The Labute approximate surface area is 209 Å². The highest BCUT2D eigenvalue weighted by Gasteiger charge is 2.46. The van der Waals surface area contributed by atoms with Gasteiger partial charge >= 0.3 is 11.9 Å². The van der Waals surface area contributed by atoms with Crippen LogP contribution in [-0.4, -0.2) is 68.8 Å². The molecule has 1 aliphatic rings. The average Bonchev–Trinajstić information content (AvgIpc) is 2.93. The van der Waals surface area contributed by atoms with Crippen LogP contribution in [0.4, 0.5) is 0 Å². The van der Waals surface area contributed by atoms with E-state index in [0.717, 1.165) is 0 Å². The van der Waals surface area contributed by atoms with E-state index in [1.807, 2.05) is 0 Å². The molecule has 1 aliphatic carbocycles. The minimum Gasteiger partial charge on any atom is -0.496 e. The van der Waals surface area contributed by atoms with E-state index < -0.39 is 23.8 Å². The van der Waals surface area contributed by atoms with Crippen molar-refractivity contribution in [3.8, 4) is 34.5 Å². The maximum absolute atomic E-state index is 13.3. The average molecular weight is 503 g/mol. The highest BCUT2D eigenvalue weighted by Crippen LogP contribution is 2.55. The number of benzene rings is 2. The lowest BCUT2D eigenvalue weighted by molar-refractivity contribution is -0.147. The van der Waals surface area contributed by atoms with Crippen molar-refractivity contribution in [3.63, 3.8) is 0 Å². The summed E-state index contributed by atoms with van der Waals surface area (Å²) < 4.78 is 43.8. The normalized spacial score (nSPS) is 16.2. The number of carbonyl (C=O) groups excluding carboxylic acids is 2. The SMILES string of the molecule is COC(=O)C1=Cc2c(OC)cc(OC)c(OC)c2[C@@H](c2cc(OC)c(OC)cc2OC)[C@@H]1C(=O)OC. The van der Waals surface area contributed by atoms with Gasteiger partial charge in [-0.1, -0.05) is 0 Å². The van der Waals surface area contributed by atoms with E-state index in [0.29, 0.717) is 51.2 Å². The first-order valence-electron chi connectivity index (χ1n) is 10.9. The molecule has 194 valence electrons. The molecule has 0 radical (unpaired) electrons. The Morgan fingerprint density at radius 2 is 1.19 bits per heavy atom. The summed E-state index contributed by atoms with van der Waals surface area (Å²) in [4.78, 5) is 26.3. The van der Waals surface area contributed by atoms with Crippen LogP contribution in [0.2, 0.25) is 0 Å². The molecule has 10 nitrogen and oxygen atoms in total. The Bertz CT molecular complexity index is 1180. The van der Waals surface area contributed by atoms with E-state index in [-0.39, 0.29) is 5.57 Å². The summed E-state index contributed by atoms with van der Waals surface area (Å²) in [6.07, 6.45) is 1.55. The maximum atomic E-state index is 13.3. The zero-order valence-electron chi connectivity index (χ0n) is 21.5. The molecule has 36 heavy (non-hydrogen) atoms. The topological polar surface area (TPSA) is 108 Å². The van der Waals surface area contributed by atoms with Crippen LogP contribution in [0.15, 0.2) is 23.8 Å². The van der Waals surface area contributed by atoms with Gasteiger partial charge in [0.15, 0.2) is 23.0 Å². The summed E-state index contributed by atoms with van der Waals surface area (Å²) in [5, 5.41) is 0. The second-order valence-electron chi connectivity index (χ2n) is 7.66. The van der Waals surface area contributed by atoms with Crippen LogP contribution in [0.5, 0.6) is 34.5 Å². The first-order chi connectivity index (χ1) is 17.3. The summed E-state index contributed by atoms with van der Waals surface area (Å²) >= 11 is 0. The number of fused-ring (bicyclic) bond motifs is 1. The second-order valence-corrected chi connectivity index (χ2v) is 7.66. The molecule has 2 atom stereocenters. The van der Waals surface area contributed by atoms with Crippen LogP contribution in [0.1, 0.15) is 22.6 Å². The lowest BCUT2D eigenvalue weighted by Crippen LogP contribution is -2.33. The standard InChI is InChI=1S/C26H30O10/c1-29-16-11-19(32-4)18(31-3)10-14(16)21-22-13(17(30-2)12-20(33-5)24(22)34-6)9-15(25(27)35-7)23(21)26(28)36-8/h9-12,21,23H,1-8H3/t21-,23-/m1/s1. The fourth-order valence-electron chi connectivity index (χ4n) is 4.56. The summed E-state index contributed by atoms with van der Waals surface area (Å²) in [5.74, 6) is -1.04. The predicted octanol–water partition coefficient (Wildman–Crippen LogP) is 3.23. The maximum Gasteiger partial charge on any atom is 0.334 e. The number of ether oxygens (including phenoxy) is 8. The monoisotopic (exact) mass is 502 g/mol. The van der Waals surface area contributed by atoms with Crippen LogP contribution >= 0.6 is 0 Å². The van der Waals surface area contributed by atoms with Crippen molar-refractivity contribution in [2.75, 3.05) is 56.9 Å². The molecular formula is C26H30O10. The number of carbonyl (C=O) groups is 2. The van der Waals surface area contributed by atoms with Gasteiger partial charge in [0.05, 0.1) is 62.5 Å². The molecule has 0 fully saturated rings. The quantitative estimate of drug-likeness (QED) is 0.474.